The molecule has 0 spiro atoms. The predicted octanol–water partition coefficient (Wildman–Crippen LogP) is 3.06. The first-order valence-corrected chi connectivity index (χ1v) is 5.49. The molecule has 2 nitrogen and oxygen atoms in total. The minimum absolute atomic E-state index is 0.193. The van der Waals surface area contributed by atoms with Gasteiger partial charge < -0.3 is 9.52 Å². The quantitative estimate of drug-likeness (QED) is 0.824. The monoisotopic (exact) mass is 244 g/mol. The number of aliphatic hydroxyl groups excluding tert-OH is 1. The summed E-state index contributed by atoms with van der Waals surface area (Å²) >= 11 is 3.42. The number of aliphatic hydroxyl groups is 1. The van der Waals surface area contributed by atoms with Gasteiger partial charge in [-0.3, -0.25) is 0 Å². The third-order valence-electron chi connectivity index (χ3n) is 2.71. The molecule has 1 aliphatic rings. The summed E-state index contributed by atoms with van der Waals surface area (Å²) < 4.78 is 6.35. The SMILES string of the molecule is OC1CCCCC1c1occc1Br. The largest absolute Gasteiger partial charge is 0.468 e. The van der Waals surface area contributed by atoms with E-state index >= 15 is 0 Å². The van der Waals surface area contributed by atoms with E-state index in [-0.39, 0.29) is 12.0 Å². The highest BCUT2D eigenvalue weighted by Gasteiger charge is 2.28. The number of hydrogen-bond acceptors (Lipinski definition) is 2. The van der Waals surface area contributed by atoms with Crippen LogP contribution in [0.5, 0.6) is 0 Å². The van der Waals surface area contributed by atoms with Crippen molar-refractivity contribution >= 4 is 15.9 Å². The number of halogens is 1. The van der Waals surface area contributed by atoms with Gasteiger partial charge in [-0.15, -0.1) is 0 Å². The van der Waals surface area contributed by atoms with Crippen LogP contribution in [0.4, 0.5) is 0 Å². The Kier molecular flexibility index (Phi) is 2.74. The van der Waals surface area contributed by atoms with E-state index < -0.39 is 0 Å². The van der Waals surface area contributed by atoms with Crippen LogP contribution in [0.2, 0.25) is 0 Å². The number of rotatable bonds is 1. The van der Waals surface area contributed by atoms with Gasteiger partial charge >= 0.3 is 0 Å². The van der Waals surface area contributed by atoms with Crippen molar-refractivity contribution < 1.29 is 9.52 Å². The van der Waals surface area contributed by atoms with Crippen LogP contribution in [-0.2, 0) is 0 Å². The van der Waals surface area contributed by atoms with Gasteiger partial charge in [0.15, 0.2) is 0 Å². The van der Waals surface area contributed by atoms with E-state index in [4.69, 9.17) is 4.42 Å². The molecule has 2 unspecified atom stereocenters. The summed E-state index contributed by atoms with van der Waals surface area (Å²) in [5.74, 6) is 1.10. The highest BCUT2D eigenvalue weighted by atomic mass is 79.9. The summed E-state index contributed by atoms with van der Waals surface area (Å²) in [5.41, 5.74) is 0. The molecule has 0 amide bonds. The Balaban J connectivity index is 2.19. The number of hydrogen-bond donors (Lipinski definition) is 1. The molecule has 1 fully saturated rings. The van der Waals surface area contributed by atoms with E-state index in [2.05, 4.69) is 15.9 Å². The topological polar surface area (TPSA) is 33.4 Å². The first-order valence-electron chi connectivity index (χ1n) is 4.70. The van der Waals surface area contributed by atoms with Gasteiger partial charge in [-0.1, -0.05) is 12.8 Å². The van der Waals surface area contributed by atoms with Crippen molar-refractivity contribution in [2.45, 2.75) is 37.7 Å². The zero-order valence-corrected chi connectivity index (χ0v) is 8.96. The van der Waals surface area contributed by atoms with Crippen LogP contribution < -0.4 is 0 Å². The Bertz CT molecular complexity index is 282. The Hall–Kier alpha value is -0.280. The second-order valence-corrected chi connectivity index (χ2v) is 4.45. The van der Waals surface area contributed by atoms with Crippen LogP contribution in [0.3, 0.4) is 0 Å². The zero-order chi connectivity index (χ0) is 9.26. The van der Waals surface area contributed by atoms with E-state index in [1.807, 2.05) is 6.07 Å². The van der Waals surface area contributed by atoms with Gasteiger partial charge in [0, 0.05) is 5.92 Å². The molecule has 0 radical (unpaired) electrons. The molecule has 1 aromatic rings. The Labute approximate surface area is 86.1 Å². The summed E-state index contributed by atoms with van der Waals surface area (Å²) in [6.45, 7) is 0. The molecule has 1 aromatic heterocycles. The predicted molar refractivity (Wildman–Crippen MR) is 53.6 cm³/mol. The summed E-state index contributed by atoms with van der Waals surface area (Å²) in [4.78, 5) is 0. The standard InChI is InChI=1S/C10H13BrO2/c11-8-5-6-13-10(8)7-3-1-2-4-9(7)12/h5-7,9,12H,1-4H2. The lowest BCUT2D eigenvalue weighted by atomic mass is 9.85. The van der Waals surface area contributed by atoms with Gasteiger partial charge in [-0.25, -0.2) is 0 Å². The minimum Gasteiger partial charge on any atom is -0.468 e. The van der Waals surface area contributed by atoms with Gasteiger partial charge in [0.25, 0.3) is 0 Å². The maximum atomic E-state index is 9.78. The van der Waals surface area contributed by atoms with Crippen molar-refractivity contribution in [3.63, 3.8) is 0 Å². The van der Waals surface area contributed by atoms with E-state index in [0.717, 1.165) is 29.5 Å². The summed E-state index contributed by atoms with van der Waals surface area (Å²) in [7, 11) is 0. The third-order valence-corrected chi connectivity index (χ3v) is 3.37. The third kappa shape index (κ3) is 1.81. The molecule has 13 heavy (non-hydrogen) atoms. The minimum atomic E-state index is -0.226. The second kappa shape index (κ2) is 3.84. The maximum Gasteiger partial charge on any atom is 0.123 e. The summed E-state index contributed by atoms with van der Waals surface area (Å²) in [5, 5.41) is 9.78. The van der Waals surface area contributed by atoms with Gasteiger partial charge in [-0.05, 0) is 34.8 Å². The second-order valence-electron chi connectivity index (χ2n) is 3.59. The van der Waals surface area contributed by atoms with Crippen molar-refractivity contribution in [3.05, 3.63) is 22.6 Å². The van der Waals surface area contributed by atoms with Crippen molar-refractivity contribution in [3.8, 4) is 0 Å². The van der Waals surface area contributed by atoms with Crippen LogP contribution in [0.25, 0.3) is 0 Å². The van der Waals surface area contributed by atoms with E-state index in [1.54, 1.807) is 6.26 Å². The van der Waals surface area contributed by atoms with Gasteiger partial charge in [0.1, 0.15) is 5.76 Å². The van der Waals surface area contributed by atoms with E-state index in [0.29, 0.717) is 0 Å². The molecule has 0 aromatic carbocycles. The Morgan fingerprint density at radius 3 is 2.77 bits per heavy atom. The highest BCUT2D eigenvalue weighted by Crippen LogP contribution is 2.36. The van der Waals surface area contributed by atoms with Crippen LogP contribution >= 0.6 is 15.9 Å². The fourth-order valence-corrected chi connectivity index (χ4v) is 2.48. The molecule has 72 valence electrons. The lowest BCUT2D eigenvalue weighted by molar-refractivity contribution is 0.0961. The molecule has 1 N–H and O–H groups in total. The Morgan fingerprint density at radius 1 is 1.38 bits per heavy atom. The molecule has 1 aliphatic carbocycles. The van der Waals surface area contributed by atoms with Crippen LogP contribution in [0.15, 0.2) is 21.2 Å². The van der Waals surface area contributed by atoms with E-state index in [1.165, 1.54) is 6.42 Å². The lowest BCUT2D eigenvalue weighted by Gasteiger charge is -2.26. The van der Waals surface area contributed by atoms with Crippen molar-refractivity contribution in [1.82, 2.24) is 0 Å². The molecule has 0 aliphatic heterocycles. The van der Waals surface area contributed by atoms with Crippen molar-refractivity contribution in [2.24, 2.45) is 0 Å². The van der Waals surface area contributed by atoms with Crippen molar-refractivity contribution in [1.29, 1.82) is 0 Å². The number of furan rings is 1. The summed E-state index contributed by atoms with van der Waals surface area (Å²) in [6, 6.07) is 1.89. The first kappa shape index (κ1) is 9.28. The summed E-state index contributed by atoms with van der Waals surface area (Å²) in [6.07, 6.45) is 5.70. The fourth-order valence-electron chi connectivity index (χ4n) is 1.99. The molecule has 2 atom stereocenters. The van der Waals surface area contributed by atoms with Gasteiger partial charge in [0.2, 0.25) is 0 Å². The van der Waals surface area contributed by atoms with Crippen LogP contribution in [-0.4, -0.2) is 11.2 Å². The molecule has 1 heterocycles. The molecule has 0 bridgehead atoms. The smallest absolute Gasteiger partial charge is 0.123 e. The van der Waals surface area contributed by atoms with Gasteiger partial charge in [0.05, 0.1) is 16.8 Å². The van der Waals surface area contributed by atoms with Crippen molar-refractivity contribution in [2.75, 3.05) is 0 Å². The zero-order valence-electron chi connectivity index (χ0n) is 7.37. The van der Waals surface area contributed by atoms with Crippen LogP contribution in [0, 0.1) is 0 Å². The molecule has 1 saturated carbocycles. The molecular formula is C10H13BrO2. The normalized spacial score (nSPS) is 29.1. The maximum absolute atomic E-state index is 9.78. The average molecular weight is 245 g/mol. The molecule has 3 heteroatoms. The van der Waals surface area contributed by atoms with Crippen LogP contribution in [0.1, 0.15) is 37.4 Å². The average Bonchev–Trinajstić information content (AvgIpc) is 2.52. The fraction of sp³-hybridized carbons (Fsp3) is 0.600. The van der Waals surface area contributed by atoms with Gasteiger partial charge in [-0.2, -0.15) is 0 Å². The molecular weight excluding hydrogens is 232 g/mol. The first-order chi connectivity index (χ1) is 6.29. The Morgan fingerprint density at radius 2 is 2.15 bits per heavy atom. The lowest BCUT2D eigenvalue weighted by Crippen LogP contribution is -2.22. The molecule has 0 saturated heterocycles. The molecule has 2 rings (SSSR count). The van der Waals surface area contributed by atoms with E-state index in [9.17, 15) is 5.11 Å². The highest BCUT2D eigenvalue weighted by molar-refractivity contribution is 9.10.